The van der Waals surface area contributed by atoms with Gasteiger partial charge in [-0.3, -0.25) is 15.2 Å². The van der Waals surface area contributed by atoms with Crippen molar-refractivity contribution in [3.63, 3.8) is 0 Å². The molecular formula is C6H8N6O. The van der Waals surface area contributed by atoms with Crippen LogP contribution in [0.1, 0.15) is 0 Å². The minimum absolute atomic E-state index is 0.250. The largest absolute Gasteiger partial charge is 0.339 e. The van der Waals surface area contributed by atoms with Crippen LogP contribution < -0.4 is 16.4 Å². The van der Waals surface area contributed by atoms with Gasteiger partial charge in [-0.1, -0.05) is 0 Å². The lowest BCUT2D eigenvalue weighted by Crippen LogP contribution is -2.20. The number of hydrogen-bond acceptors (Lipinski definition) is 5. The number of fused-ring (bicyclic) bond motifs is 1. The van der Waals surface area contributed by atoms with Gasteiger partial charge in [-0.25, -0.2) is 10.4 Å². The molecule has 0 radical (unpaired) electrons. The molecule has 0 aliphatic rings. The Kier molecular flexibility index (Phi) is 1.71. The van der Waals surface area contributed by atoms with Crippen molar-refractivity contribution in [3.05, 3.63) is 16.7 Å². The number of H-pyrrole nitrogens is 2. The summed E-state index contributed by atoms with van der Waals surface area (Å²) in [6.07, 6.45) is 1.43. The van der Waals surface area contributed by atoms with Crippen LogP contribution in [0.2, 0.25) is 0 Å². The van der Waals surface area contributed by atoms with Gasteiger partial charge in [-0.2, -0.15) is 4.98 Å². The molecule has 0 fully saturated rings. The van der Waals surface area contributed by atoms with Crippen LogP contribution in [0.25, 0.3) is 11.2 Å². The fraction of sp³-hybridized carbons (Fsp3) is 0.167. The van der Waals surface area contributed by atoms with Gasteiger partial charge in [-0.05, 0) is 0 Å². The Morgan fingerprint density at radius 1 is 1.54 bits per heavy atom. The van der Waals surface area contributed by atoms with Crippen LogP contribution in [0.3, 0.4) is 0 Å². The van der Waals surface area contributed by atoms with Crippen LogP contribution in [0.5, 0.6) is 0 Å². The van der Waals surface area contributed by atoms with E-state index in [9.17, 15) is 4.79 Å². The van der Waals surface area contributed by atoms with Crippen molar-refractivity contribution in [1.29, 1.82) is 0 Å². The Hall–Kier alpha value is -1.89. The number of anilines is 1. The maximum atomic E-state index is 11.3. The molecule has 0 unspecified atom stereocenters. The maximum absolute atomic E-state index is 11.3. The molecule has 0 saturated carbocycles. The van der Waals surface area contributed by atoms with Gasteiger partial charge in [0.05, 0.1) is 6.33 Å². The highest BCUT2D eigenvalue weighted by molar-refractivity contribution is 5.69. The molecule has 2 aromatic rings. The summed E-state index contributed by atoms with van der Waals surface area (Å²) in [5.74, 6) is 0.340. The van der Waals surface area contributed by atoms with E-state index in [4.69, 9.17) is 0 Å². The van der Waals surface area contributed by atoms with Crippen molar-refractivity contribution < 1.29 is 0 Å². The molecule has 7 heteroatoms. The molecular weight excluding hydrogens is 172 g/mol. The van der Waals surface area contributed by atoms with Crippen LogP contribution in [-0.2, 0) is 0 Å². The molecule has 0 aliphatic carbocycles. The van der Waals surface area contributed by atoms with Crippen molar-refractivity contribution in [2.24, 2.45) is 0 Å². The smallest absolute Gasteiger partial charge is 0.278 e. The zero-order chi connectivity index (χ0) is 9.26. The highest BCUT2D eigenvalue weighted by atomic mass is 16.1. The fourth-order valence-electron chi connectivity index (χ4n) is 1.02. The number of rotatable bonds is 2. The molecule has 0 aliphatic heterocycles. The third-order valence-corrected chi connectivity index (χ3v) is 1.54. The molecule has 7 nitrogen and oxygen atoms in total. The standard InChI is InChI=1S/C6H8N6O/c1-7-12-6-10-4-3(5(13)11-6)8-2-9-4/h2,7H,1H3,(H3,8,9,10,11,12,13). The van der Waals surface area contributed by atoms with Gasteiger partial charge in [0, 0.05) is 7.05 Å². The molecule has 68 valence electrons. The SMILES string of the molecule is CNNc1nc2nc[nH]c2c(=O)[nH]1. The first-order chi connectivity index (χ1) is 6.31. The van der Waals surface area contributed by atoms with E-state index >= 15 is 0 Å². The zero-order valence-corrected chi connectivity index (χ0v) is 6.88. The minimum atomic E-state index is -0.250. The summed E-state index contributed by atoms with van der Waals surface area (Å²) in [7, 11) is 1.68. The fourth-order valence-corrected chi connectivity index (χ4v) is 1.02. The number of aromatic nitrogens is 4. The van der Waals surface area contributed by atoms with Crippen LogP contribution in [0.4, 0.5) is 5.95 Å². The summed E-state index contributed by atoms with van der Waals surface area (Å²) in [6.45, 7) is 0. The van der Waals surface area contributed by atoms with Crippen molar-refractivity contribution in [1.82, 2.24) is 25.4 Å². The maximum Gasteiger partial charge on any atom is 0.278 e. The summed E-state index contributed by atoms with van der Waals surface area (Å²) < 4.78 is 0. The van der Waals surface area contributed by atoms with Gasteiger partial charge < -0.3 is 4.98 Å². The summed E-state index contributed by atoms with van der Waals surface area (Å²) in [6, 6.07) is 0. The molecule has 4 N–H and O–H groups in total. The first kappa shape index (κ1) is 7.74. The molecule has 0 bridgehead atoms. The summed E-state index contributed by atoms with van der Waals surface area (Å²) in [4.78, 5) is 24.4. The number of hydrazine groups is 1. The molecule has 2 aromatic heterocycles. The molecule has 2 heterocycles. The monoisotopic (exact) mass is 180 g/mol. The number of hydrogen-bond donors (Lipinski definition) is 4. The lowest BCUT2D eigenvalue weighted by molar-refractivity contribution is 0.938. The van der Waals surface area contributed by atoms with Gasteiger partial charge in [0.1, 0.15) is 0 Å². The summed E-state index contributed by atoms with van der Waals surface area (Å²) in [5, 5.41) is 0. The molecule has 0 spiro atoms. The highest BCUT2D eigenvalue weighted by Crippen LogP contribution is 2.00. The Bertz CT molecular complexity index is 471. The van der Waals surface area contributed by atoms with Gasteiger partial charge in [0.15, 0.2) is 11.2 Å². The lowest BCUT2D eigenvalue weighted by atomic mass is 10.5. The average molecular weight is 180 g/mol. The second-order valence-electron chi connectivity index (χ2n) is 2.39. The highest BCUT2D eigenvalue weighted by Gasteiger charge is 2.03. The van der Waals surface area contributed by atoms with Crippen molar-refractivity contribution in [3.8, 4) is 0 Å². The van der Waals surface area contributed by atoms with E-state index in [-0.39, 0.29) is 5.56 Å². The van der Waals surface area contributed by atoms with E-state index in [1.807, 2.05) is 0 Å². The number of nitrogens with zero attached hydrogens (tertiary/aromatic N) is 2. The number of imidazole rings is 1. The van der Waals surface area contributed by atoms with E-state index in [2.05, 4.69) is 30.8 Å². The predicted octanol–water partition coefficient (Wildman–Crippen LogP) is -0.808. The zero-order valence-electron chi connectivity index (χ0n) is 6.88. The van der Waals surface area contributed by atoms with E-state index in [1.165, 1.54) is 6.33 Å². The van der Waals surface area contributed by atoms with E-state index in [1.54, 1.807) is 7.05 Å². The Morgan fingerprint density at radius 2 is 2.38 bits per heavy atom. The molecule has 0 aromatic carbocycles. The third kappa shape index (κ3) is 1.25. The van der Waals surface area contributed by atoms with Gasteiger partial charge >= 0.3 is 0 Å². The molecule has 0 atom stereocenters. The van der Waals surface area contributed by atoms with Crippen molar-refractivity contribution in [2.45, 2.75) is 0 Å². The first-order valence-corrected chi connectivity index (χ1v) is 3.67. The predicted molar refractivity (Wildman–Crippen MR) is 47.2 cm³/mol. The molecule has 0 saturated heterocycles. The van der Waals surface area contributed by atoms with Crippen LogP contribution in [-0.4, -0.2) is 27.0 Å². The van der Waals surface area contributed by atoms with Gasteiger partial charge in [0.25, 0.3) is 5.56 Å². The second-order valence-corrected chi connectivity index (χ2v) is 2.39. The summed E-state index contributed by atoms with van der Waals surface area (Å²) >= 11 is 0. The van der Waals surface area contributed by atoms with Crippen molar-refractivity contribution in [2.75, 3.05) is 12.5 Å². The topological polar surface area (TPSA) is 98.5 Å². The van der Waals surface area contributed by atoms with Crippen molar-refractivity contribution >= 4 is 17.1 Å². The summed E-state index contributed by atoms with van der Waals surface area (Å²) in [5.41, 5.74) is 5.82. The van der Waals surface area contributed by atoms with Crippen LogP contribution in [0.15, 0.2) is 11.1 Å². The Balaban J connectivity index is 2.63. The Morgan fingerprint density at radius 3 is 3.15 bits per heavy atom. The average Bonchev–Trinajstić information content (AvgIpc) is 2.53. The normalized spacial score (nSPS) is 10.5. The lowest BCUT2D eigenvalue weighted by Gasteiger charge is -2.00. The van der Waals surface area contributed by atoms with Gasteiger partial charge in [0.2, 0.25) is 5.95 Å². The first-order valence-electron chi connectivity index (χ1n) is 3.67. The molecule has 13 heavy (non-hydrogen) atoms. The van der Waals surface area contributed by atoms with E-state index in [0.717, 1.165) is 0 Å². The number of aromatic amines is 2. The minimum Gasteiger partial charge on any atom is -0.339 e. The van der Waals surface area contributed by atoms with Crippen LogP contribution in [0, 0.1) is 0 Å². The Labute approximate surface area is 72.6 Å². The second kappa shape index (κ2) is 2.87. The van der Waals surface area contributed by atoms with Gasteiger partial charge in [-0.15, -0.1) is 0 Å². The van der Waals surface area contributed by atoms with Crippen LogP contribution >= 0.6 is 0 Å². The van der Waals surface area contributed by atoms with E-state index in [0.29, 0.717) is 17.1 Å². The molecule has 2 rings (SSSR count). The third-order valence-electron chi connectivity index (χ3n) is 1.54. The van der Waals surface area contributed by atoms with E-state index < -0.39 is 0 Å². The quantitative estimate of drug-likeness (QED) is 0.453. The molecule has 0 amide bonds. The number of nitrogens with one attached hydrogen (secondary N) is 4.